The number of benzene rings is 2. The lowest BCUT2D eigenvalue weighted by atomic mass is 9.87. The first kappa shape index (κ1) is 15.5. The largest absolute Gasteiger partial charge is 0.484 e. The van der Waals surface area contributed by atoms with E-state index in [1.807, 2.05) is 18.2 Å². The van der Waals surface area contributed by atoms with Crippen LogP contribution in [0.2, 0.25) is 0 Å². The molecule has 3 heteroatoms. The summed E-state index contributed by atoms with van der Waals surface area (Å²) >= 11 is 0. The van der Waals surface area contributed by atoms with Crippen molar-refractivity contribution in [3.8, 4) is 5.75 Å². The van der Waals surface area contributed by atoms with Crippen molar-refractivity contribution < 1.29 is 9.13 Å². The molecule has 0 amide bonds. The Kier molecular flexibility index (Phi) is 4.63. The van der Waals surface area contributed by atoms with Crippen molar-refractivity contribution >= 4 is 0 Å². The Morgan fingerprint density at radius 3 is 2.29 bits per heavy atom. The van der Waals surface area contributed by atoms with Crippen LogP contribution < -0.4 is 10.5 Å². The van der Waals surface area contributed by atoms with Crippen LogP contribution in [0, 0.1) is 5.82 Å². The Bertz CT molecular complexity index is 587. The van der Waals surface area contributed by atoms with Crippen molar-refractivity contribution in [2.24, 2.45) is 5.73 Å². The summed E-state index contributed by atoms with van der Waals surface area (Å²) in [6.45, 7) is 6.79. The van der Waals surface area contributed by atoms with E-state index in [1.54, 1.807) is 6.07 Å². The lowest BCUT2D eigenvalue weighted by Gasteiger charge is -2.21. The first-order valence-electron chi connectivity index (χ1n) is 7.13. The highest BCUT2D eigenvalue weighted by Gasteiger charge is 2.15. The molecule has 2 rings (SSSR count). The van der Waals surface area contributed by atoms with E-state index >= 15 is 0 Å². The molecule has 0 saturated heterocycles. The molecule has 1 atom stereocenters. The standard InChI is InChI=1S/C18H22FNO/c1-18(2,3)14-7-9-16(10-8-14)21-17(12-20)13-5-4-6-15(19)11-13/h4-11,17H,12,20H2,1-3H3. The second-order valence-electron chi connectivity index (χ2n) is 6.17. The highest BCUT2D eigenvalue weighted by atomic mass is 19.1. The quantitative estimate of drug-likeness (QED) is 0.914. The van der Waals surface area contributed by atoms with Crippen molar-refractivity contribution in [3.05, 3.63) is 65.5 Å². The van der Waals surface area contributed by atoms with Crippen LogP contribution in [0.15, 0.2) is 48.5 Å². The fourth-order valence-electron chi connectivity index (χ4n) is 2.16. The maximum absolute atomic E-state index is 13.3. The SMILES string of the molecule is CC(C)(C)c1ccc(OC(CN)c2cccc(F)c2)cc1. The Balaban J connectivity index is 2.15. The molecule has 0 fully saturated rings. The molecule has 112 valence electrons. The number of halogens is 1. The molecule has 0 heterocycles. The van der Waals surface area contributed by atoms with E-state index in [9.17, 15) is 4.39 Å². The van der Waals surface area contributed by atoms with Gasteiger partial charge in [-0.2, -0.15) is 0 Å². The summed E-state index contributed by atoms with van der Waals surface area (Å²) in [6.07, 6.45) is -0.346. The van der Waals surface area contributed by atoms with E-state index < -0.39 is 0 Å². The minimum absolute atomic E-state index is 0.106. The van der Waals surface area contributed by atoms with Crippen molar-refractivity contribution in [3.63, 3.8) is 0 Å². The third-order valence-electron chi connectivity index (χ3n) is 3.43. The number of nitrogens with two attached hydrogens (primary N) is 1. The molecular formula is C18H22FNO. The topological polar surface area (TPSA) is 35.2 Å². The molecule has 2 nitrogen and oxygen atoms in total. The third kappa shape index (κ3) is 4.05. The molecule has 0 spiro atoms. The lowest BCUT2D eigenvalue weighted by Crippen LogP contribution is -2.18. The minimum Gasteiger partial charge on any atom is -0.484 e. The van der Waals surface area contributed by atoms with E-state index in [-0.39, 0.29) is 17.3 Å². The molecule has 0 aromatic heterocycles. The third-order valence-corrected chi connectivity index (χ3v) is 3.43. The molecule has 0 aliphatic carbocycles. The Morgan fingerprint density at radius 2 is 1.76 bits per heavy atom. The van der Waals surface area contributed by atoms with Crippen LogP contribution in [0.3, 0.4) is 0 Å². The van der Waals surface area contributed by atoms with Crippen LogP contribution >= 0.6 is 0 Å². The van der Waals surface area contributed by atoms with Gasteiger partial charge in [0.05, 0.1) is 0 Å². The molecule has 2 aromatic rings. The van der Waals surface area contributed by atoms with Crippen molar-refractivity contribution in [1.29, 1.82) is 0 Å². The first-order valence-corrected chi connectivity index (χ1v) is 7.13. The van der Waals surface area contributed by atoms with Gasteiger partial charge in [0.25, 0.3) is 0 Å². The molecule has 0 radical (unpaired) electrons. The van der Waals surface area contributed by atoms with Crippen LogP contribution in [-0.4, -0.2) is 6.54 Å². The van der Waals surface area contributed by atoms with Gasteiger partial charge >= 0.3 is 0 Å². The van der Waals surface area contributed by atoms with Crippen LogP contribution in [0.5, 0.6) is 5.75 Å². The van der Waals surface area contributed by atoms with Gasteiger partial charge < -0.3 is 10.5 Å². The van der Waals surface area contributed by atoms with Gasteiger partial charge in [-0.1, -0.05) is 45.0 Å². The average Bonchev–Trinajstić information content (AvgIpc) is 2.44. The molecule has 0 bridgehead atoms. The van der Waals surface area contributed by atoms with Gasteiger partial charge in [0, 0.05) is 6.54 Å². The molecule has 2 N–H and O–H groups in total. The zero-order valence-electron chi connectivity index (χ0n) is 12.8. The van der Waals surface area contributed by atoms with Crippen molar-refractivity contribution in [2.45, 2.75) is 32.3 Å². The molecule has 21 heavy (non-hydrogen) atoms. The van der Waals surface area contributed by atoms with Gasteiger partial charge in [-0.3, -0.25) is 0 Å². The van der Waals surface area contributed by atoms with E-state index in [0.717, 1.165) is 11.3 Å². The van der Waals surface area contributed by atoms with Crippen LogP contribution in [-0.2, 0) is 5.41 Å². The lowest BCUT2D eigenvalue weighted by molar-refractivity contribution is 0.213. The van der Waals surface area contributed by atoms with Gasteiger partial charge in [-0.05, 0) is 40.8 Å². The Labute approximate surface area is 125 Å². The number of hydrogen-bond acceptors (Lipinski definition) is 2. The van der Waals surface area contributed by atoms with Gasteiger partial charge in [0.1, 0.15) is 17.7 Å². The van der Waals surface area contributed by atoms with E-state index in [1.165, 1.54) is 17.7 Å². The van der Waals surface area contributed by atoms with E-state index in [2.05, 4.69) is 32.9 Å². The van der Waals surface area contributed by atoms with Gasteiger partial charge in [-0.15, -0.1) is 0 Å². The van der Waals surface area contributed by atoms with Gasteiger partial charge in [0.15, 0.2) is 0 Å². The molecule has 0 saturated carbocycles. The summed E-state index contributed by atoms with van der Waals surface area (Å²) < 4.78 is 19.2. The minimum atomic E-state index is -0.346. The first-order chi connectivity index (χ1) is 9.90. The summed E-state index contributed by atoms with van der Waals surface area (Å²) in [5.74, 6) is 0.459. The van der Waals surface area contributed by atoms with E-state index in [4.69, 9.17) is 10.5 Å². The summed E-state index contributed by atoms with van der Waals surface area (Å²) in [4.78, 5) is 0. The summed E-state index contributed by atoms with van der Waals surface area (Å²) in [5.41, 5.74) is 7.85. The van der Waals surface area contributed by atoms with Crippen LogP contribution in [0.4, 0.5) is 4.39 Å². The molecule has 0 aliphatic rings. The monoisotopic (exact) mass is 287 g/mol. The zero-order valence-corrected chi connectivity index (χ0v) is 12.8. The molecule has 1 unspecified atom stereocenters. The summed E-state index contributed by atoms with van der Waals surface area (Å²) in [7, 11) is 0. The average molecular weight is 287 g/mol. The van der Waals surface area contributed by atoms with Gasteiger partial charge in [-0.25, -0.2) is 4.39 Å². The maximum Gasteiger partial charge on any atom is 0.136 e. The fourth-order valence-corrected chi connectivity index (χ4v) is 2.16. The predicted molar refractivity (Wildman–Crippen MR) is 84.0 cm³/mol. The van der Waals surface area contributed by atoms with Crippen molar-refractivity contribution in [2.75, 3.05) is 6.54 Å². The summed E-state index contributed by atoms with van der Waals surface area (Å²) in [5, 5.41) is 0. The van der Waals surface area contributed by atoms with Crippen LogP contribution in [0.25, 0.3) is 0 Å². The van der Waals surface area contributed by atoms with Crippen molar-refractivity contribution in [1.82, 2.24) is 0 Å². The van der Waals surface area contributed by atoms with Gasteiger partial charge in [0.2, 0.25) is 0 Å². The second kappa shape index (κ2) is 6.27. The molecular weight excluding hydrogens is 265 g/mol. The number of hydrogen-bond donors (Lipinski definition) is 1. The predicted octanol–water partition coefficient (Wildman–Crippen LogP) is 4.20. The second-order valence-corrected chi connectivity index (χ2v) is 6.17. The fraction of sp³-hybridized carbons (Fsp3) is 0.333. The summed E-state index contributed by atoms with van der Waals surface area (Å²) in [6, 6.07) is 14.3. The highest BCUT2D eigenvalue weighted by molar-refractivity contribution is 5.32. The normalized spacial score (nSPS) is 13.0. The van der Waals surface area contributed by atoms with Crippen LogP contribution in [0.1, 0.15) is 38.0 Å². The number of ether oxygens (including phenoxy) is 1. The zero-order chi connectivity index (χ0) is 15.5. The smallest absolute Gasteiger partial charge is 0.136 e. The highest BCUT2D eigenvalue weighted by Crippen LogP contribution is 2.26. The Hall–Kier alpha value is -1.87. The Morgan fingerprint density at radius 1 is 1.10 bits per heavy atom. The molecule has 2 aromatic carbocycles. The maximum atomic E-state index is 13.3. The number of rotatable bonds is 4. The molecule has 0 aliphatic heterocycles. The van der Waals surface area contributed by atoms with E-state index in [0.29, 0.717) is 6.54 Å².